The van der Waals surface area contributed by atoms with Crippen molar-refractivity contribution in [3.05, 3.63) is 35.1 Å². The van der Waals surface area contributed by atoms with Gasteiger partial charge in [-0.3, -0.25) is 0 Å². The quantitative estimate of drug-likeness (QED) is 0.793. The van der Waals surface area contributed by atoms with E-state index in [9.17, 15) is 9.50 Å². The van der Waals surface area contributed by atoms with Gasteiger partial charge in [-0.25, -0.2) is 4.39 Å². The Bertz CT molecular complexity index is 529. The van der Waals surface area contributed by atoms with Gasteiger partial charge < -0.3 is 15.2 Å². The number of nitrogens with one attached hydrogen (secondary N) is 1. The zero-order valence-corrected chi connectivity index (χ0v) is 10.4. The molecule has 3 rings (SSSR count). The molecule has 2 atom stereocenters. The molecule has 2 aliphatic rings. The Morgan fingerprint density at radius 1 is 1.37 bits per heavy atom. The number of nitrogens with zero attached hydrogens (tertiary/aromatic N) is 1. The monoisotopic (exact) mass is 262 g/mol. The Morgan fingerprint density at radius 3 is 2.63 bits per heavy atom. The molecule has 1 aromatic carbocycles. The van der Waals surface area contributed by atoms with E-state index < -0.39 is 11.4 Å². The lowest BCUT2D eigenvalue weighted by molar-refractivity contribution is -0.0817. The molecule has 2 saturated heterocycles. The van der Waals surface area contributed by atoms with Crippen molar-refractivity contribution >= 4 is 0 Å². The second-order valence-corrected chi connectivity index (χ2v) is 5.34. The van der Waals surface area contributed by atoms with Crippen molar-refractivity contribution in [2.75, 3.05) is 13.2 Å². The summed E-state index contributed by atoms with van der Waals surface area (Å²) in [5.74, 6) is -0.512. The lowest BCUT2D eigenvalue weighted by Gasteiger charge is -2.45. The Labute approximate surface area is 110 Å². The summed E-state index contributed by atoms with van der Waals surface area (Å²) < 4.78 is 19.5. The van der Waals surface area contributed by atoms with E-state index in [4.69, 9.17) is 10.00 Å². The summed E-state index contributed by atoms with van der Waals surface area (Å²) in [6.45, 7) is 1.08. The Morgan fingerprint density at radius 2 is 2.05 bits per heavy atom. The lowest BCUT2D eigenvalue weighted by Crippen LogP contribution is -2.58. The predicted octanol–water partition coefficient (Wildman–Crippen LogP) is 1.04. The standard InChI is InChI=1S/C14H15FN2O2/c15-13-3-9(6-16)1-2-12(13)14(18)4-10-7-19-8-11(5-14)17-10/h1-3,10-11,17-18H,4-5,7-8H2. The van der Waals surface area contributed by atoms with E-state index in [0.717, 1.165) is 0 Å². The molecular weight excluding hydrogens is 247 g/mol. The van der Waals surface area contributed by atoms with Crippen molar-refractivity contribution < 1.29 is 14.2 Å². The van der Waals surface area contributed by atoms with Crippen LogP contribution in [-0.4, -0.2) is 30.4 Å². The predicted molar refractivity (Wildman–Crippen MR) is 65.8 cm³/mol. The molecule has 2 bridgehead atoms. The Balaban J connectivity index is 1.94. The van der Waals surface area contributed by atoms with Gasteiger partial charge >= 0.3 is 0 Å². The molecule has 19 heavy (non-hydrogen) atoms. The van der Waals surface area contributed by atoms with Gasteiger partial charge in [0.2, 0.25) is 0 Å². The fourth-order valence-corrected chi connectivity index (χ4v) is 3.10. The number of ether oxygens (including phenoxy) is 1. The van der Waals surface area contributed by atoms with Crippen LogP contribution < -0.4 is 5.32 Å². The molecule has 0 amide bonds. The normalized spacial score (nSPS) is 33.7. The van der Waals surface area contributed by atoms with Crippen LogP contribution in [-0.2, 0) is 10.3 Å². The van der Waals surface area contributed by atoms with Crippen molar-refractivity contribution in [3.63, 3.8) is 0 Å². The molecule has 2 N–H and O–H groups in total. The molecule has 2 heterocycles. The van der Waals surface area contributed by atoms with Crippen LogP contribution >= 0.6 is 0 Å². The summed E-state index contributed by atoms with van der Waals surface area (Å²) >= 11 is 0. The molecule has 1 aromatic rings. The number of hydrogen-bond donors (Lipinski definition) is 2. The average molecular weight is 262 g/mol. The molecule has 0 saturated carbocycles. The largest absolute Gasteiger partial charge is 0.385 e. The van der Waals surface area contributed by atoms with Crippen LogP contribution in [0.3, 0.4) is 0 Å². The number of benzene rings is 1. The van der Waals surface area contributed by atoms with E-state index in [2.05, 4.69) is 5.32 Å². The van der Waals surface area contributed by atoms with Gasteiger partial charge in [0, 0.05) is 17.6 Å². The third kappa shape index (κ3) is 2.23. The second-order valence-electron chi connectivity index (χ2n) is 5.34. The molecule has 2 unspecified atom stereocenters. The summed E-state index contributed by atoms with van der Waals surface area (Å²) in [5.41, 5.74) is -0.630. The van der Waals surface area contributed by atoms with Gasteiger partial charge in [0.15, 0.2) is 0 Å². The fraction of sp³-hybridized carbons (Fsp3) is 0.500. The van der Waals surface area contributed by atoms with Crippen molar-refractivity contribution in [2.24, 2.45) is 0 Å². The highest BCUT2D eigenvalue weighted by molar-refractivity contribution is 5.36. The van der Waals surface area contributed by atoms with Gasteiger partial charge in [-0.05, 0) is 25.0 Å². The minimum Gasteiger partial charge on any atom is -0.385 e. The number of rotatable bonds is 1. The van der Waals surface area contributed by atoms with Crippen molar-refractivity contribution in [2.45, 2.75) is 30.5 Å². The third-order valence-electron chi connectivity index (χ3n) is 3.88. The second kappa shape index (κ2) is 4.57. The topological polar surface area (TPSA) is 65.3 Å². The van der Waals surface area contributed by atoms with Crippen molar-refractivity contribution in [1.82, 2.24) is 5.32 Å². The van der Waals surface area contributed by atoms with Gasteiger partial charge in [-0.15, -0.1) is 0 Å². The number of hydrogen-bond acceptors (Lipinski definition) is 4. The SMILES string of the molecule is N#Cc1ccc(C2(O)CC3COCC(C2)N3)c(F)c1. The summed E-state index contributed by atoms with van der Waals surface area (Å²) in [6, 6.07) is 6.25. The average Bonchev–Trinajstić information content (AvgIpc) is 2.37. The zero-order valence-electron chi connectivity index (χ0n) is 10.4. The van der Waals surface area contributed by atoms with Crippen molar-refractivity contribution in [3.8, 4) is 6.07 Å². The van der Waals surface area contributed by atoms with Crippen LogP contribution in [0.1, 0.15) is 24.0 Å². The minimum atomic E-state index is -1.18. The van der Waals surface area contributed by atoms with Crippen LogP contribution in [0.2, 0.25) is 0 Å². The summed E-state index contributed by atoms with van der Waals surface area (Å²) in [5, 5.41) is 22.9. The lowest BCUT2D eigenvalue weighted by atomic mass is 9.78. The number of piperidine rings is 1. The van der Waals surface area contributed by atoms with Gasteiger partial charge in [0.25, 0.3) is 0 Å². The van der Waals surface area contributed by atoms with Crippen LogP contribution in [0.25, 0.3) is 0 Å². The molecule has 0 aliphatic carbocycles. The minimum absolute atomic E-state index is 0.0487. The maximum atomic E-state index is 14.1. The summed E-state index contributed by atoms with van der Waals surface area (Å²) in [4.78, 5) is 0. The van der Waals surface area contributed by atoms with E-state index in [1.807, 2.05) is 6.07 Å². The molecule has 0 radical (unpaired) electrons. The first-order chi connectivity index (χ1) is 9.10. The van der Waals surface area contributed by atoms with Gasteiger partial charge in [-0.1, -0.05) is 6.07 Å². The molecule has 0 aromatic heterocycles. The maximum Gasteiger partial charge on any atom is 0.130 e. The molecule has 0 spiro atoms. The number of nitriles is 1. The van der Waals surface area contributed by atoms with E-state index in [-0.39, 0.29) is 23.2 Å². The molecule has 5 heteroatoms. The number of halogens is 1. The number of morpholine rings is 1. The summed E-state index contributed by atoms with van der Waals surface area (Å²) in [7, 11) is 0. The maximum absolute atomic E-state index is 14.1. The van der Waals surface area contributed by atoms with Crippen LogP contribution in [0.5, 0.6) is 0 Å². The summed E-state index contributed by atoms with van der Waals surface area (Å²) in [6.07, 6.45) is 0.846. The van der Waals surface area contributed by atoms with Gasteiger partial charge in [0.05, 0.1) is 30.4 Å². The van der Waals surface area contributed by atoms with E-state index in [1.165, 1.54) is 12.1 Å². The zero-order chi connectivity index (χ0) is 13.5. The van der Waals surface area contributed by atoms with Gasteiger partial charge in [0.1, 0.15) is 5.82 Å². The van der Waals surface area contributed by atoms with E-state index in [0.29, 0.717) is 26.1 Å². The fourth-order valence-electron chi connectivity index (χ4n) is 3.10. The van der Waals surface area contributed by atoms with Gasteiger partial charge in [-0.2, -0.15) is 5.26 Å². The molecule has 2 fully saturated rings. The molecule has 100 valence electrons. The first-order valence-electron chi connectivity index (χ1n) is 6.37. The molecule has 4 nitrogen and oxygen atoms in total. The van der Waals surface area contributed by atoms with E-state index >= 15 is 0 Å². The first kappa shape index (κ1) is 12.5. The number of aliphatic hydroxyl groups is 1. The van der Waals surface area contributed by atoms with Crippen LogP contribution in [0.4, 0.5) is 4.39 Å². The van der Waals surface area contributed by atoms with E-state index in [1.54, 1.807) is 6.07 Å². The molecule has 2 aliphatic heterocycles. The van der Waals surface area contributed by atoms with Crippen LogP contribution in [0, 0.1) is 17.1 Å². The Kier molecular flexibility index (Phi) is 3.02. The van der Waals surface area contributed by atoms with Crippen molar-refractivity contribution in [1.29, 1.82) is 5.26 Å². The Hall–Kier alpha value is -1.48. The van der Waals surface area contributed by atoms with Crippen LogP contribution in [0.15, 0.2) is 18.2 Å². The highest BCUT2D eigenvalue weighted by atomic mass is 19.1. The number of fused-ring (bicyclic) bond motifs is 2. The third-order valence-corrected chi connectivity index (χ3v) is 3.88. The highest BCUT2D eigenvalue weighted by Crippen LogP contribution is 2.37. The highest BCUT2D eigenvalue weighted by Gasteiger charge is 2.43. The first-order valence-corrected chi connectivity index (χ1v) is 6.37. The molecular formula is C14H15FN2O2. The smallest absolute Gasteiger partial charge is 0.130 e.